The van der Waals surface area contributed by atoms with Crippen LogP contribution in [0.5, 0.6) is 11.5 Å². The highest BCUT2D eigenvalue weighted by molar-refractivity contribution is 7.89. The van der Waals surface area contributed by atoms with Gasteiger partial charge in [-0.05, 0) is 61.4 Å². The van der Waals surface area contributed by atoms with Crippen molar-refractivity contribution in [2.24, 2.45) is 0 Å². The number of sulfonamides is 1. The molecule has 2 atom stereocenters. The fourth-order valence-electron chi connectivity index (χ4n) is 7.05. The minimum absolute atomic E-state index is 0.0453. The summed E-state index contributed by atoms with van der Waals surface area (Å²) in [5.41, 5.74) is 2.21. The monoisotopic (exact) mass is 625 g/mol. The molecule has 2 bridgehead atoms. The number of fused-ring (bicyclic) bond motifs is 3. The molecule has 4 aliphatic heterocycles. The van der Waals surface area contributed by atoms with E-state index in [4.69, 9.17) is 21.1 Å². The largest absolute Gasteiger partial charge is 0.486 e. The third-order valence-corrected chi connectivity index (χ3v) is 11.4. The van der Waals surface area contributed by atoms with Gasteiger partial charge in [-0.2, -0.15) is 4.31 Å². The average molecular weight is 626 g/mol. The van der Waals surface area contributed by atoms with Gasteiger partial charge in [0.15, 0.2) is 11.5 Å². The van der Waals surface area contributed by atoms with Gasteiger partial charge >= 0.3 is 0 Å². The van der Waals surface area contributed by atoms with Crippen molar-refractivity contribution in [1.82, 2.24) is 9.21 Å². The van der Waals surface area contributed by atoms with Crippen molar-refractivity contribution in [3.8, 4) is 11.5 Å². The summed E-state index contributed by atoms with van der Waals surface area (Å²) in [4.78, 5) is 17.5. The zero-order valence-corrected chi connectivity index (χ0v) is 25.2. The fourth-order valence-corrected chi connectivity index (χ4v) is 8.80. The summed E-state index contributed by atoms with van der Waals surface area (Å²) in [6.45, 7) is 2.47. The number of likely N-dealkylation sites (tertiary alicyclic amines) is 1. The quantitative estimate of drug-likeness (QED) is 0.382. The van der Waals surface area contributed by atoms with Gasteiger partial charge in [0.05, 0.1) is 21.2 Å². The van der Waals surface area contributed by atoms with Crippen LogP contribution in [0.15, 0.2) is 65.6 Å². The van der Waals surface area contributed by atoms with Crippen LogP contribution in [0.1, 0.15) is 47.5 Å². The fraction of sp³-hybridized carbons (Fsp3) is 0.406. The van der Waals surface area contributed by atoms with Gasteiger partial charge < -0.3 is 19.3 Å². The lowest BCUT2D eigenvalue weighted by molar-refractivity contribution is 0.0717. The molecule has 4 heterocycles. The summed E-state index contributed by atoms with van der Waals surface area (Å²) < 4.78 is 55.2. The van der Waals surface area contributed by atoms with E-state index in [9.17, 15) is 17.6 Å². The van der Waals surface area contributed by atoms with Crippen molar-refractivity contribution in [1.29, 1.82) is 0 Å². The van der Waals surface area contributed by atoms with Crippen molar-refractivity contribution < 1.29 is 27.1 Å². The molecule has 4 aliphatic rings. The van der Waals surface area contributed by atoms with E-state index in [0.29, 0.717) is 62.5 Å². The second-order valence-corrected chi connectivity index (χ2v) is 14.0. The molecule has 3 saturated heterocycles. The standard InChI is InChI=1S/C32H33ClFN3O5S/c33-28-16-23(34)6-9-27(28)32(38)35-19-24-7-8-25(20-35)37(24)29-17-26(18-30-31(29)42-15-14-41-30)43(39,40)36-12-10-22(11-13-36)21-4-2-1-3-5-21/h1-6,9,16-18,22,24-25H,7-8,10-15,19-20H2/t24-,25+. The molecule has 0 N–H and O–H groups in total. The van der Waals surface area contributed by atoms with Gasteiger partial charge in [0.2, 0.25) is 10.0 Å². The van der Waals surface area contributed by atoms with Crippen LogP contribution in [0.25, 0.3) is 0 Å². The molecule has 3 aromatic rings. The van der Waals surface area contributed by atoms with E-state index >= 15 is 0 Å². The Labute approximate surface area is 256 Å². The molecule has 0 spiro atoms. The number of anilines is 1. The molecule has 3 fully saturated rings. The van der Waals surface area contributed by atoms with Crippen LogP contribution in [0, 0.1) is 5.82 Å². The maximum atomic E-state index is 14.0. The molecular formula is C32H33ClFN3O5S. The van der Waals surface area contributed by atoms with Crippen LogP contribution in [-0.2, 0) is 10.0 Å². The van der Waals surface area contributed by atoms with Gasteiger partial charge in [-0.3, -0.25) is 4.79 Å². The molecule has 43 heavy (non-hydrogen) atoms. The number of hydrogen-bond donors (Lipinski definition) is 0. The van der Waals surface area contributed by atoms with Gasteiger partial charge in [0, 0.05) is 44.3 Å². The van der Waals surface area contributed by atoms with Gasteiger partial charge in [-0.25, -0.2) is 12.8 Å². The number of nitrogens with zero attached hydrogens (tertiary/aromatic N) is 3. The van der Waals surface area contributed by atoms with Gasteiger partial charge in [0.1, 0.15) is 19.0 Å². The molecule has 0 radical (unpaired) electrons. The molecule has 0 aliphatic carbocycles. The van der Waals surface area contributed by atoms with Gasteiger partial charge in [0.25, 0.3) is 5.91 Å². The third-order valence-electron chi connectivity index (χ3n) is 9.17. The van der Waals surface area contributed by atoms with Crippen LogP contribution in [0.3, 0.4) is 0 Å². The van der Waals surface area contributed by atoms with E-state index in [1.807, 2.05) is 18.2 Å². The number of rotatable bonds is 5. The number of benzene rings is 3. The van der Waals surface area contributed by atoms with Crippen LogP contribution in [0.4, 0.5) is 10.1 Å². The Morgan fingerprint density at radius 2 is 1.58 bits per heavy atom. The molecule has 0 saturated carbocycles. The smallest absolute Gasteiger partial charge is 0.255 e. The van der Waals surface area contributed by atoms with E-state index in [0.717, 1.165) is 31.7 Å². The maximum Gasteiger partial charge on any atom is 0.255 e. The Bertz CT molecular complexity index is 1630. The van der Waals surface area contributed by atoms with Crippen molar-refractivity contribution in [2.45, 2.75) is 48.6 Å². The SMILES string of the molecule is O=C(c1ccc(F)cc1Cl)N1C[C@H]2CC[C@@H](C1)N2c1cc(S(=O)(=O)N2CCC(c3ccccc3)CC2)cc2c1OCCO2. The van der Waals surface area contributed by atoms with Crippen molar-refractivity contribution >= 4 is 33.2 Å². The lowest BCUT2D eigenvalue weighted by Crippen LogP contribution is -2.55. The van der Waals surface area contributed by atoms with E-state index < -0.39 is 15.8 Å². The average Bonchev–Trinajstić information content (AvgIpc) is 3.28. The number of piperidine rings is 1. The molecule has 3 aromatic carbocycles. The normalized spacial score (nSPS) is 22.6. The van der Waals surface area contributed by atoms with E-state index in [2.05, 4.69) is 17.0 Å². The Morgan fingerprint density at radius 1 is 0.884 bits per heavy atom. The zero-order chi connectivity index (χ0) is 29.7. The number of carbonyl (C=O) groups excluding carboxylic acids is 1. The molecule has 1 amide bonds. The summed E-state index contributed by atoms with van der Waals surface area (Å²) in [5.74, 6) is 0.582. The minimum atomic E-state index is -3.78. The third kappa shape index (κ3) is 5.23. The molecule has 0 unspecified atom stereocenters. The highest BCUT2D eigenvalue weighted by Crippen LogP contribution is 2.47. The van der Waals surface area contributed by atoms with E-state index in [1.54, 1.807) is 21.3 Å². The maximum absolute atomic E-state index is 14.0. The molecule has 7 rings (SSSR count). The van der Waals surface area contributed by atoms with Crippen LogP contribution >= 0.6 is 11.6 Å². The number of halogens is 2. The summed E-state index contributed by atoms with van der Waals surface area (Å²) in [6.07, 6.45) is 3.20. The lowest BCUT2D eigenvalue weighted by Gasteiger charge is -2.43. The predicted octanol–water partition coefficient (Wildman–Crippen LogP) is 5.31. The van der Waals surface area contributed by atoms with Gasteiger partial charge in [-0.15, -0.1) is 0 Å². The Hall–Kier alpha value is -3.34. The zero-order valence-electron chi connectivity index (χ0n) is 23.6. The van der Waals surface area contributed by atoms with E-state index in [1.165, 1.54) is 17.7 Å². The number of carbonyl (C=O) groups is 1. The van der Waals surface area contributed by atoms with E-state index in [-0.39, 0.29) is 33.5 Å². The predicted molar refractivity (Wildman–Crippen MR) is 161 cm³/mol. The summed E-state index contributed by atoms with van der Waals surface area (Å²) >= 11 is 6.21. The topological polar surface area (TPSA) is 79.4 Å². The first kappa shape index (κ1) is 28.4. The second kappa shape index (κ2) is 11.3. The number of ether oxygens (including phenoxy) is 2. The van der Waals surface area contributed by atoms with Crippen molar-refractivity contribution in [3.05, 3.63) is 82.6 Å². The molecule has 11 heteroatoms. The van der Waals surface area contributed by atoms with Gasteiger partial charge in [-0.1, -0.05) is 41.9 Å². The lowest BCUT2D eigenvalue weighted by atomic mass is 9.90. The minimum Gasteiger partial charge on any atom is -0.486 e. The highest BCUT2D eigenvalue weighted by atomic mass is 35.5. The van der Waals surface area contributed by atoms with Crippen molar-refractivity contribution in [3.63, 3.8) is 0 Å². The highest BCUT2D eigenvalue weighted by Gasteiger charge is 2.44. The first-order chi connectivity index (χ1) is 20.8. The Kier molecular flexibility index (Phi) is 7.47. The van der Waals surface area contributed by atoms with Crippen molar-refractivity contribution in [2.75, 3.05) is 44.3 Å². The first-order valence-electron chi connectivity index (χ1n) is 14.8. The summed E-state index contributed by atoms with van der Waals surface area (Å²) in [7, 11) is -3.78. The number of hydrogen-bond acceptors (Lipinski definition) is 6. The summed E-state index contributed by atoms with van der Waals surface area (Å²) in [5, 5.41) is 0.0881. The molecule has 8 nitrogen and oxygen atoms in total. The Balaban J connectivity index is 1.15. The number of piperazine rings is 1. The second-order valence-electron chi connectivity index (χ2n) is 11.7. The van der Waals surface area contributed by atoms with Crippen LogP contribution in [-0.4, -0.2) is 75.0 Å². The number of amides is 1. The molecule has 0 aromatic heterocycles. The Morgan fingerprint density at radius 3 is 2.28 bits per heavy atom. The molecule has 226 valence electrons. The van der Waals surface area contributed by atoms with Crippen LogP contribution in [0.2, 0.25) is 5.02 Å². The first-order valence-corrected chi connectivity index (χ1v) is 16.6. The van der Waals surface area contributed by atoms with Crippen LogP contribution < -0.4 is 14.4 Å². The summed E-state index contributed by atoms with van der Waals surface area (Å²) in [6, 6.07) is 17.3. The molecular weight excluding hydrogens is 593 g/mol.